The van der Waals surface area contributed by atoms with Crippen LogP contribution in [0.4, 0.5) is 13.2 Å². The molecule has 8 heteroatoms. The van der Waals surface area contributed by atoms with Gasteiger partial charge in [0.15, 0.2) is 11.5 Å². The average molecular weight is 377 g/mol. The van der Waals surface area contributed by atoms with Crippen LogP contribution >= 0.6 is 0 Å². The summed E-state index contributed by atoms with van der Waals surface area (Å²) >= 11 is 0. The van der Waals surface area contributed by atoms with Gasteiger partial charge < -0.3 is 14.6 Å². The predicted molar refractivity (Wildman–Crippen MR) is 92.2 cm³/mol. The van der Waals surface area contributed by atoms with Crippen molar-refractivity contribution in [1.82, 2.24) is 4.98 Å². The van der Waals surface area contributed by atoms with Gasteiger partial charge in [0.25, 0.3) is 0 Å². The minimum atomic E-state index is -4.67. The van der Waals surface area contributed by atoms with Gasteiger partial charge in [-0.3, -0.25) is 0 Å². The van der Waals surface area contributed by atoms with E-state index in [1.54, 1.807) is 12.1 Å². The SMILES string of the molecule is COc1ccc(-c2cc(C(=O)O)c3cccc(C(F)(F)F)c3n2)cc1OC. The van der Waals surface area contributed by atoms with E-state index >= 15 is 0 Å². The lowest BCUT2D eigenvalue weighted by Gasteiger charge is -2.14. The Bertz CT molecular complexity index is 1030. The van der Waals surface area contributed by atoms with Crippen molar-refractivity contribution >= 4 is 16.9 Å². The first-order chi connectivity index (χ1) is 12.8. The number of carbonyl (C=O) groups is 1. The number of ether oxygens (including phenoxy) is 2. The smallest absolute Gasteiger partial charge is 0.418 e. The van der Waals surface area contributed by atoms with E-state index in [4.69, 9.17) is 9.47 Å². The molecule has 0 aliphatic heterocycles. The molecule has 0 radical (unpaired) electrons. The van der Waals surface area contributed by atoms with Gasteiger partial charge in [0.05, 0.1) is 36.6 Å². The maximum Gasteiger partial charge on any atom is 0.418 e. The number of halogens is 3. The summed E-state index contributed by atoms with van der Waals surface area (Å²) in [5.41, 5.74) is -1.21. The highest BCUT2D eigenvalue weighted by Gasteiger charge is 2.34. The molecule has 0 aliphatic rings. The third-order valence-electron chi connectivity index (χ3n) is 4.05. The Labute approximate surface area is 152 Å². The molecule has 3 rings (SSSR count). The van der Waals surface area contributed by atoms with Crippen LogP contribution in [0.3, 0.4) is 0 Å². The Hall–Kier alpha value is -3.29. The molecule has 0 aliphatic carbocycles. The van der Waals surface area contributed by atoms with Gasteiger partial charge in [-0.15, -0.1) is 0 Å². The molecule has 5 nitrogen and oxygen atoms in total. The minimum Gasteiger partial charge on any atom is -0.493 e. The molecule has 1 N–H and O–H groups in total. The first-order valence-corrected chi connectivity index (χ1v) is 7.73. The Morgan fingerprint density at radius 1 is 1.04 bits per heavy atom. The Kier molecular flexibility index (Phi) is 4.65. The Balaban J connectivity index is 2.33. The number of pyridine rings is 1. The number of fused-ring (bicyclic) bond motifs is 1. The monoisotopic (exact) mass is 377 g/mol. The largest absolute Gasteiger partial charge is 0.493 e. The molecule has 27 heavy (non-hydrogen) atoms. The van der Waals surface area contributed by atoms with E-state index in [1.807, 2.05) is 0 Å². The summed E-state index contributed by atoms with van der Waals surface area (Å²) in [5.74, 6) is -0.571. The summed E-state index contributed by atoms with van der Waals surface area (Å²) in [6, 6.07) is 9.24. The van der Waals surface area contributed by atoms with Crippen LogP contribution in [0.2, 0.25) is 0 Å². The standard InChI is InChI=1S/C19H14F3NO4/c1-26-15-7-6-10(8-16(15)27-2)14-9-12(18(24)25)11-4-3-5-13(17(11)23-14)19(20,21)22/h3-9H,1-2H3,(H,24,25). The Morgan fingerprint density at radius 2 is 1.74 bits per heavy atom. The van der Waals surface area contributed by atoms with Gasteiger partial charge in [-0.2, -0.15) is 13.2 Å². The number of hydrogen-bond acceptors (Lipinski definition) is 4. The summed E-state index contributed by atoms with van der Waals surface area (Å²) in [5, 5.41) is 9.40. The zero-order valence-electron chi connectivity index (χ0n) is 14.3. The van der Waals surface area contributed by atoms with E-state index in [0.29, 0.717) is 17.1 Å². The molecule has 0 amide bonds. The molecule has 0 unspecified atom stereocenters. The molecule has 0 bridgehead atoms. The number of benzene rings is 2. The van der Waals surface area contributed by atoms with Gasteiger partial charge in [-0.05, 0) is 30.3 Å². The average Bonchev–Trinajstić information content (AvgIpc) is 2.65. The first kappa shape index (κ1) is 18.5. The van der Waals surface area contributed by atoms with E-state index in [0.717, 1.165) is 12.1 Å². The van der Waals surface area contributed by atoms with Gasteiger partial charge in [-0.25, -0.2) is 9.78 Å². The van der Waals surface area contributed by atoms with Crippen molar-refractivity contribution < 1.29 is 32.5 Å². The van der Waals surface area contributed by atoms with Crippen LogP contribution in [0, 0.1) is 0 Å². The lowest BCUT2D eigenvalue weighted by molar-refractivity contribution is -0.136. The lowest BCUT2D eigenvalue weighted by Crippen LogP contribution is -2.09. The fourth-order valence-corrected chi connectivity index (χ4v) is 2.80. The number of para-hydroxylation sites is 1. The molecule has 1 aromatic heterocycles. The number of nitrogens with zero attached hydrogens (tertiary/aromatic N) is 1. The second kappa shape index (κ2) is 6.79. The third-order valence-corrected chi connectivity index (χ3v) is 4.05. The minimum absolute atomic E-state index is 0.0811. The van der Waals surface area contributed by atoms with E-state index in [-0.39, 0.29) is 16.6 Å². The number of methoxy groups -OCH3 is 2. The van der Waals surface area contributed by atoms with E-state index < -0.39 is 23.2 Å². The number of alkyl halides is 3. The van der Waals surface area contributed by atoms with Crippen molar-refractivity contribution in [2.75, 3.05) is 14.2 Å². The van der Waals surface area contributed by atoms with Crippen molar-refractivity contribution in [2.45, 2.75) is 6.18 Å². The second-order valence-corrected chi connectivity index (χ2v) is 5.63. The molecule has 1 heterocycles. The highest BCUT2D eigenvalue weighted by molar-refractivity contribution is 6.04. The van der Waals surface area contributed by atoms with Crippen LogP contribution in [0.15, 0.2) is 42.5 Å². The number of hydrogen-bond donors (Lipinski definition) is 1. The molecule has 0 saturated heterocycles. The van der Waals surface area contributed by atoms with Crippen molar-refractivity contribution in [3.05, 3.63) is 53.6 Å². The molecule has 0 saturated carbocycles. The van der Waals surface area contributed by atoms with Crippen LogP contribution in [-0.2, 0) is 6.18 Å². The zero-order chi connectivity index (χ0) is 19.8. The lowest BCUT2D eigenvalue weighted by atomic mass is 10.0. The van der Waals surface area contributed by atoms with Crippen molar-refractivity contribution in [3.8, 4) is 22.8 Å². The zero-order valence-corrected chi connectivity index (χ0v) is 14.3. The highest BCUT2D eigenvalue weighted by atomic mass is 19.4. The summed E-state index contributed by atoms with van der Waals surface area (Å²) < 4.78 is 50.5. The van der Waals surface area contributed by atoms with Gasteiger partial charge >= 0.3 is 12.1 Å². The van der Waals surface area contributed by atoms with Crippen LogP contribution in [0.1, 0.15) is 15.9 Å². The maximum atomic E-state index is 13.4. The summed E-state index contributed by atoms with van der Waals surface area (Å²) in [6.45, 7) is 0. The van der Waals surface area contributed by atoms with Crippen LogP contribution in [0.5, 0.6) is 11.5 Å². The maximum absolute atomic E-state index is 13.4. The number of carboxylic acids is 1. The van der Waals surface area contributed by atoms with Gasteiger partial charge in [0.1, 0.15) is 0 Å². The number of aromatic carboxylic acids is 1. The molecular weight excluding hydrogens is 363 g/mol. The topological polar surface area (TPSA) is 68.7 Å². The van der Waals surface area contributed by atoms with Crippen molar-refractivity contribution in [2.24, 2.45) is 0 Å². The molecular formula is C19H14F3NO4. The van der Waals surface area contributed by atoms with Crippen LogP contribution in [-0.4, -0.2) is 30.3 Å². The fourth-order valence-electron chi connectivity index (χ4n) is 2.80. The number of aromatic nitrogens is 1. The van der Waals surface area contributed by atoms with Crippen LogP contribution < -0.4 is 9.47 Å². The quantitative estimate of drug-likeness (QED) is 0.718. The van der Waals surface area contributed by atoms with Crippen molar-refractivity contribution in [3.63, 3.8) is 0 Å². The van der Waals surface area contributed by atoms with E-state index in [2.05, 4.69) is 4.98 Å². The second-order valence-electron chi connectivity index (χ2n) is 5.63. The normalized spacial score (nSPS) is 11.4. The fraction of sp³-hybridized carbons (Fsp3) is 0.158. The van der Waals surface area contributed by atoms with Gasteiger partial charge in [-0.1, -0.05) is 12.1 Å². The summed E-state index contributed by atoms with van der Waals surface area (Å²) in [7, 11) is 2.86. The number of rotatable bonds is 4. The highest BCUT2D eigenvalue weighted by Crippen LogP contribution is 2.37. The van der Waals surface area contributed by atoms with Crippen LogP contribution in [0.25, 0.3) is 22.2 Å². The Morgan fingerprint density at radius 3 is 2.33 bits per heavy atom. The first-order valence-electron chi connectivity index (χ1n) is 7.73. The molecule has 0 atom stereocenters. The summed E-state index contributed by atoms with van der Waals surface area (Å²) in [6.07, 6.45) is -4.67. The molecule has 2 aromatic carbocycles. The van der Waals surface area contributed by atoms with E-state index in [9.17, 15) is 23.1 Å². The molecule has 140 valence electrons. The van der Waals surface area contributed by atoms with Gasteiger partial charge in [0.2, 0.25) is 0 Å². The molecule has 0 spiro atoms. The van der Waals surface area contributed by atoms with Gasteiger partial charge in [0, 0.05) is 10.9 Å². The summed E-state index contributed by atoms with van der Waals surface area (Å²) in [4.78, 5) is 15.7. The predicted octanol–water partition coefficient (Wildman–Crippen LogP) is 4.64. The van der Waals surface area contributed by atoms with Crippen molar-refractivity contribution in [1.29, 1.82) is 0 Å². The molecule has 0 fully saturated rings. The number of carboxylic acid groups (broad SMARTS) is 1. The molecule has 3 aromatic rings. The van der Waals surface area contributed by atoms with E-state index in [1.165, 1.54) is 32.4 Å². The third kappa shape index (κ3) is 3.38.